The zero-order valence-corrected chi connectivity index (χ0v) is 14.3. The van der Waals surface area contributed by atoms with Crippen molar-refractivity contribution >= 4 is 23.6 Å². The minimum Gasteiger partial charge on any atom is -0.363 e. The molecule has 0 aliphatic rings. The van der Waals surface area contributed by atoms with Crippen LogP contribution in [0.5, 0.6) is 0 Å². The monoisotopic (exact) mass is 320 g/mol. The summed E-state index contributed by atoms with van der Waals surface area (Å²) in [5, 5.41) is 4.04. The topological polar surface area (TPSA) is 67.9 Å². The van der Waals surface area contributed by atoms with Crippen molar-refractivity contribution in [1.29, 1.82) is 0 Å². The van der Waals surface area contributed by atoms with Gasteiger partial charge in [0, 0.05) is 25.7 Å². The predicted octanol–water partition coefficient (Wildman–Crippen LogP) is 2.82. The Hall–Kier alpha value is -2.34. The molecule has 23 heavy (non-hydrogen) atoms. The number of hydrogen-bond acceptors (Lipinski definition) is 5. The molecule has 0 aliphatic heterocycles. The molecule has 6 heteroatoms. The minimum absolute atomic E-state index is 0.190. The lowest BCUT2D eigenvalue weighted by atomic mass is 10.2. The van der Waals surface area contributed by atoms with Gasteiger partial charge in [0.1, 0.15) is 6.73 Å². The Morgan fingerprint density at radius 1 is 1.22 bits per heavy atom. The first kappa shape index (κ1) is 18.7. The van der Waals surface area contributed by atoms with Gasteiger partial charge >= 0.3 is 5.97 Å². The zero-order chi connectivity index (χ0) is 17.5. The number of anilines is 1. The number of hydrogen-bond donors (Lipinski definition) is 1. The predicted molar refractivity (Wildman–Crippen MR) is 89.3 cm³/mol. The number of ether oxygens (including phenoxy) is 1. The maximum absolute atomic E-state index is 11.7. The van der Waals surface area contributed by atoms with Crippen LogP contribution in [0.15, 0.2) is 30.3 Å². The number of likely N-dealkylation sites (N-methyl/N-ethyl adjacent to an activating group) is 1. The fourth-order valence-electron chi connectivity index (χ4n) is 1.56. The van der Waals surface area contributed by atoms with Crippen LogP contribution in [-0.2, 0) is 19.2 Å². The molecule has 1 amide bonds. The van der Waals surface area contributed by atoms with E-state index in [9.17, 15) is 9.59 Å². The molecule has 0 bridgehead atoms. The van der Waals surface area contributed by atoms with Gasteiger partial charge in [-0.25, -0.2) is 0 Å². The average molecular weight is 320 g/mol. The van der Waals surface area contributed by atoms with E-state index in [2.05, 4.69) is 10.2 Å². The molecule has 0 atom stereocenters. The highest BCUT2D eigenvalue weighted by atomic mass is 16.7. The van der Waals surface area contributed by atoms with Crippen LogP contribution in [0.25, 0.3) is 6.08 Å². The highest BCUT2D eigenvalue weighted by molar-refractivity contribution is 5.91. The molecule has 0 spiro atoms. The molecule has 1 aromatic carbocycles. The smallest absolute Gasteiger partial charge is 0.329 e. The van der Waals surface area contributed by atoms with E-state index < -0.39 is 11.9 Å². The van der Waals surface area contributed by atoms with Crippen molar-refractivity contribution in [3.8, 4) is 0 Å². The van der Waals surface area contributed by atoms with Gasteiger partial charge < -0.3 is 14.9 Å². The van der Waals surface area contributed by atoms with Crippen molar-refractivity contribution in [2.75, 3.05) is 19.1 Å². The van der Waals surface area contributed by atoms with Crippen molar-refractivity contribution < 1.29 is 19.2 Å². The molecule has 0 unspecified atom stereocenters. The molecule has 0 heterocycles. The maximum atomic E-state index is 11.7. The number of rotatable bonds is 5. The second-order valence-electron chi connectivity index (χ2n) is 5.95. The summed E-state index contributed by atoms with van der Waals surface area (Å²) < 4.78 is 5.58. The third kappa shape index (κ3) is 8.01. The summed E-state index contributed by atoms with van der Waals surface area (Å²) in [7, 11) is 1.39. The first-order valence-electron chi connectivity index (χ1n) is 7.29. The SMILES string of the molecule is CC(=O)ON(C)C(=O)/C=C/c1ccc(NCOC(C)(C)C)cc1. The summed E-state index contributed by atoms with van der Waals surface area (Å²) in [5.41, 5.74) is 1.59. The van der Waals surface area contributed by atoms with Crippen molar-refractivity contribution in [3.05, 3.63) is 35.9 Å². The van der Waals surface area contributed by atoms with Crippen LogP contribution < -0.4 is 5.32 Å². The van der Waals surface area contributed by atoms with Crippen molar-refractivity contribution in [2.24, 2.45) is 0 Å². The summed E-state index contributed by atoms with van der Waals surface area (Å²) in [5.74, 6) is -0.955. The molecule has 6 nitrogen and oxygen atoms in total. The summed E-state index contributed by atoms with van der Waals surface area (Å²) in [6, 6.07) is 7.53. The number of nitrogens with one attached hydrogen (secondary N) is 1. The molecule has 0 radical (unpaired) electrons. The van der Waals surface area contributed by atoms with E-state index in [-0.39, 0.29) is 5.60 Å². The summed E-state index contributed by atoms with van der Waals surface area (Å²) >= 11 is 0. The standard InChI is InChI=1S/C17H24N2O4/c1-13(20)23-19(5)16(21)11-8-14-6-9-15(10-7-14)18-12-22-17(2,3)4/h6-11,18H,12H2,1-5H3/b11-8+. The van der Waals surface area contributed by atoms with E-state index in [0.29, 0.717) is 6.73 Å². The second-order valence-corrected chi connectivity index (χ2v) is 5.95. The van der Waals surface area contributed by atoms with Gasteiger partial charge in [-0.3, -0.25) is 9.59 Å². The first-order valence-corrected chi connectivity index (χ1v) is 7.29. The fourth-order valence-corrected chi connectivity index (χ4v) is 1.56. The number of carbonyl (C=O) groups excluding carboxylic acids is 2. The zero-order valence-electron chi connectivity index (χ0n) is 14.3. The van der Waals surface area contributed by atoms with E-state index in [1.807, 2.05) is 45.0 Å². The molecule has 0 fully saturated rings. The lowest BCUT2D eigenvalue weighted by Crippen LogP contribution is -2.27. The van der Waals surface area contributed by atoms with Gasteiger partial charge in [0.25, 0.3) is 5.91 Å². The highest BCUT2D eigenvalue weighted by Gasteiger charge is 2.09. The molecule has 1 aromatic rings. The van der Waals surface area contributed by atoms with Gasteiger partial charge in [-0.1, -0.05) is 12.1 Å². The van der Waals surface area contributed by atoms with Crippen LogP contribution in [0.1, 0.15) is 33.3 Å². The van der Waals surface area contributed by atoms with Crippen molar-refractivity contribution in [1.82, 2.24) is 5.06 Å². The third-order valence-electron chi connectivity index (χ3n) is 2.69. The Morgan fingerprint density at radius 2 is 1.83 bits per heavy atom. The van der Waals surface area contributed by atoms with Crippen LogP contribution in [0.4, 0.5) is 5.69 Å². The van der Waals surface area contributed by atoms with Gasteiger partial charge in [0.2, 0.25) is 0 Å². The molecule has 1 rings (SSSR count). The molecule has 0 saturated heterocycles. The molecule has 0 aliphatic carbocycles. The molecule has 0 saturated carbocycles. The van der Waals surface area contributed by atoms with E-state index >= 15 is 0 Å². The number of nitrogens with zero attached hydrogens (tertiary/aromatic N) is 1. The minimum atomic E-state index is -0.540. The van der Waals surface area contributed by atoms with Gasteiger partial charge in [0.05, 0.1) is 5.60 Å². The molecular formula is C17H24N2O4. The number of amides is 1. The molecule has 126 valence electrons. The van der Waals surface area contributed by atoms with Gasteiger partial charge in [-0.2, -0.15) is 5.06 Å². The third-order valence-corrected chi connectivity index (χ3v) is 2.69. The lowest BCUT2D eigenvalue weighted by Gasteiger charge is -2.20. The Balaban J connectivity index is 2.51. The van der Waals surface area contributed by atoms with E-state index in [1.54, 1.807) is 6.08 Å². The van der Waals surface area contributed by atoms with Crippen LogP contribution in [-0.4, -0.2) is 36.3 Å². The summed E-state index contributed by atoms with van der Waals surface area (Å²) in [6.45, 7) is 7.64. The number of benzene rings is 1. The Labute approximate surface area is 137 Å². The van der Waals surface area contributed by atoms with Crippen LogP contribution in [0, 0.1) is 0 Å². The van der Waals surface area contributed by atoms with Crippen LogP contribution in [0.2, 0.25) is 0 Å². The quantitative estimate of drug-likeness (QED) is 0.513. The molecule has 0 aromatic heterocycles. The van der Waals surface area contributed by atoms with E-state index in [4.69, 9.17) is 4.74 Å². The second kappa shape index (κ2) is 8.33. The fraction of sp³-hybridized carbons (Fsp3) is 0.412. The molecule has 1 N–H and O–H groups in total. The Kier molecular flexibility index (Phi) is 6.78. The van der Waals surface area contributed by atoms with Crippen LogP contribution in [0.3, 0.4) is 0 Å². The largest absolute Gasteiger partial charge is 0.363 e. The van der Waals surface area contributed by atoms with Crippen molar-refractivity contribution in [2.45, 2.75) is 33.3 Å². The Bertz CT molecular complexity index is 559. The lowest BCUT2D eigenvalue weighted by molar-refractivity contribution is -0.187. The van der Waals surface area contributed by atoms with Gasteiger partial charge in [0.15, 0.2) is 0 Å². The highest BCUT2D eigenvalue weighted by Crippen LogP contribution is 2.12. The van der Waals surface area contributed by atoms with Gasteiger partial charge in [-0.15, -0.1) is 0 Å². The van der Waals surface area contributed by atoms with Gasteiger partial charge in [-0.05, 0) is 44.5 Å². The summed E-state index contributed by atoms with van der Waals surface area (Å²) in [6.07, 6.45) is 2.99. The Morgan fingerprint density at radius 3 is 2.35 bits per heavy atom. The van der Waals surface area contributed by atoms with E-state index in [0.717, 1.165) is 16.3 Å². The maximum Gasteiger partial charge on any atom is 0.329 e. The van der Waals surface area contributed by atoms with Crippen LogP contribution >= 0.6 is 0 Å². The normalized spacial score (nSPS) is 11.3. The average Bonchev–Trinajstić information content (AvgIpc) is 2.44. The molecular weight excluding hydrogens is 296 g/mol. The number of carbonyl (C=O) groups is 2. The number of hydroxylamine groups is 2. The van der Waals surface area contributed by atoms with Crippen molar-refractivity contribution in [3.63, 3.8) is 0 Å². The van der Waals surface area contributed by atoms with E-state index in [1.165, 1.54) is 20.0 Å². The first-order chi connectivity index (χ1) is 10.7. The summed E-state index contributed by atoms with van der Waals surface area (Å²) in [4.78, 5) is 27.1.